The van der Waals surface area contributed by atoms with Crippen molar-refractivity contribution in [3.8, 4) is 0 Å². The van der Waals surface area contributed by atoms with Crippen LogP contribution in [0.15, 0.2) is 5.16 Å². The number of aryl methyl sites for hydroxylation is 1. The van der Waals surface area contributed by atoms with Gasteiger partial charge in [-0.15, -0.1) is 5.10 Å². The minimum Gasteiger partial charge on any atom is -0.342 e. The topological polar surface area (TPSA) is 82.2 Å². The zero-order valence-electron chi connectivity index (χ0n) is 14.4. The van der Waals surface area contributed by atoms with E-state index in [1.807, 2.05) is 16.7 Å². The Morgan fingerprint density at radius 1 is 1.38 bits per heavy atom. The van der Waals surface area contributed by atoms with Crippen molar-refractivity contribution in [1.29, 1.82) is 0 Å². The van der Waals surface area contributed by atoms with E-state index >= 15 is 0 Å². The predicted molar refractivity (Wildman–Crippen MR) is 91.6 cm³/mol. The lowest BCUT2D eigenvalue weighted by molar-refractivity contribution is -0.146. The molecular formula is C16H25N5O2S. The molecule has 2 fully saturated rings. The highest BCUT2D eigenvalue weighted by atomic mass is 32.2. The fourth-order valence-electron chi connectivity index (χ4n) is 3.70. The van der Waals surface area contributed by atoms with Crippen molar-refractivity contribution in [3.63, 3.8) is 0 Å². The predicted octanol–water partition coefficient (Wildman–Crippen LogP) is 1.46. The van der Waals surface area contributed by atoms with E-state index in [1.54, 1.807) is 0 Å². The third-order valence-electron chi connectivity index (χ3n) is 4.93. The summed E-state index contributed by atoms with van der Waals surface area (Å²) in [7, 11) is 0. The SMILES string of the molecule is CCCN1CCC[C@]2(CCN(C(=O)CSc3n[nH]c(C)n3)C2)C1=O. The Balaban J connectivity index is 1.57. The average molecular weight is 351 g/mol. The highest BCUT2D eigenvalue weighted by Crippen LogP contribution is 2.40. The van der Waals surface area contributed by atoms with Crippen LogP contribution in [-0.2, 0) is 9.59 Å². The summed E-state index contributed by atoms with van der Waals surface area (Å²) in [6.45, 7) is 6.87. The second-order valence-electron chi connectivity index (χ2n) is 6.73. The van der Waals surface area contributed by atoms with Crippen molar-refractivity contribution >= 4 is 23.6 Å². The van der Waals surface area contributed by atoms with Crippen molar-refractivity contribution in [2.24, 2.45) is 5.41 Å². The summed E-state index contributed by atoms with van der Waals surface area (Å²) in [6, 6.07) is 0. The van der Waals surface area contributed by atoms with Crippen LogP contribution in [0.2, 0.25) is 0 Å². The van der Waals surface area contributed by atoms with E-state index in [9.17, 15) is 9.59 Å². The molecule has 1 aromatic heterocycles. The van der Waals surface area contributed by atoms with Crippen molar-refractivity contribution in [2.75, 3.05) is 31.9 Å². The molecule has 3 rings (SSSR count). The standard InChI is InChI=1S/C16H25N5O2S/c1-3-7-20-8-4-5-16(14(20)23)6-9-21(11-16)13(22)10-24-15-17-12(2)18-19-15/h3-11H2,1-2H3,(H,17,18,19)/t16-/m1/s1. The maximum Gasteiger partial charge on any atom is 0.233 e. The Morgan fingerprint density at radius 3 is 2.92 bits per heavy atom. The molecule has 8 heteroatoms. The van der Waals surface area contributed by atoms with Gasteiger partial charge in [0, 0.05) is 26.2 Å². The molecule has 7 nitrogen and oxygen atoms in total. The van der Waals surface area contributed by atoms with Gasteiger partial charge in [-0.25, -0.2) is 4.98 Å². The van der Waals surface area contributed by atoms with Crippen LogP contribution in [0.4, 0.5) is 0 Å². The lowest BCUT2D eigenvalue weighted by Gasteiger charge is -2.39. The van der Waals surface area contributed by atoms with E-state index in [4.69, 9.17) is 0 Å². The first-order valence-corrected chi connectivity index (χ1v) is 9.61. The monoisotopic (exact) mass is 351 g/mol. The van der Waals surface area contributed by atoms with Crippen LogP contribution in [0, 0.1) is 12.3 Å². The molecule has 1 N–H and O–H groups in total. The second-order valence-corrected chi connectivity index (χ2v) is 7.68. The number of likely N-dealkylation sites (tertiary alicyclic amines) is 2. The molecule has 2 amide bonds. The van der Waals surface area contributed by atoms with Gasteiger partial charge in [0.05, 0.1) is 11.2 Å². The van der Waals surface area contributed by atoms with Gasteiger partial charge in [-0.1, -0.05) is 18.7 Å². The van der Waals surface area contributed by atoms with Gasteiger partial charge in [0.25, 0.3) is 0 Å². The summed E-state index contributed by atoms with van der Waals surface area (Å²) in [5.41, 5.74) is -0.338. The summed E-state index contributed by atoms with van der Waals surface area (Å²) >= 11 is 1.34. The number of hydrogen-bond acceptors (Lipinski definition) is 5. The zero-order chi connectivity index (χ0) is 17.2. The molecule has 1 atom stereocenters. The molecule has 0 unspecified atom stereocenters. The molecule has 0 saturated carbocycles. The lowest BCUT2D eigenvalue weighted by Crippen LogP contribution is -2.50. The Morgan fingerprint density at radius 2 is 2.21 bits per heavy atom. The number of amides is 2. The molecule has 24 heavy (non-hydrogen) atoms. The van der Waals surface area contributed by atoms with Gasteiger partial charge in [-0.05, 0) is 32.6 Å². The number of carbonyl (C=O) groups is 2. The van der Waals surface area contributed by atoms with E-state index in [1.165, 1.54) is 11.8 Å². The third kappa shape index (κ3) is 3.43. The maximum atomic E-state index is 12.8. The Hall–Kier alpha value is -1.57. The molecule has 1 spiro atoms. The molecule has 0 aliphatic carbocycles. The fraction of sp³-hybridized carbons (Fsp3) is 0.750. The smallest absolute Gasteiger partial charge is 0.233 e. The molecule has 1 aromatic rings. The number of thioether (sulfide) groups is 1. The maximum absolute atomic E-state index is 12.8. The van der Waals surface area contributed by atoms with Gasteiger partial charge < -0.3 is 9.80 Å². The summed E-state index contributed by atoms with van der Waals surface area (Å²) in [5.74, 6) is 1.39. The first kappa shape index (κ1) is 17.3. The minimum atomic E-state index is -0.338. The van der Waals surface area contributed by atoms with Crippen LogP contribution >= 0.6 is 11.8 Å². The number of carbonyl (C=O) groups excluding carboxylic acids is 2. The van der Waals surface area contributed by atoms with Gasteiger partial charge in [-0.2, -0.15) is 0 Å². The number of hydrogen-bond donors (Lipinski definition) is 1. The molecule has 2 aliphatic rings. The highest BCUT2D eigenvalue weighted by molar-refractivity contribution is 7.99. The number of piperidine rings is 1. The van der Waals surface area contributed by atoms with Gasteiger partial charge in [0.15, 0.2) is 0 Å². The van der Waals surface area contributed by atoms with Crippen LogP contribution in [-0.4, -0.2) is 68.7 Å². The van der Waals surface area contributed by atoms with Crippen LogP contribution in [0.25, 0.3) is 0 Å². The van der Waals surface area contributed by atoms with Crippen molar-refractivity contribution < 1.29 is 9.59 Å². The molecule has 2 aliphatic heterocycles. The normalized spacial score (nSPS) is 24.2. The van der Waals surface area contributed by atoms with E-state index in [0.717, 1.165) is 44.6 Å². The average Bonchev–Trinajstić information content (AvgIpc) is 3.17. The van der Waals surface area contributed by atoms with Crippen LogP contribution in [0.5, 0.6) is 0 Å². The fourth-order valence-corrected chi connectivity index (χ4v) is 4.45. The summed E-state index contributed by atoms with van der Waals surface area (Å²) in [5, 5.41) is 7.40. The number of aromatic amines is 1. The first-order valence-electron chi connectivity index (χ1n) is 8.63. The number of nitrogens with one attached hydrogen (secondary N) is 1. The summed E-state index contributed by atoms with van der Waals surface area (Å²) in [4.78, 5) is 33.4. The third-order valence-corrected chi connectivity index (χ3v) is 5.76. The highest BCUT2D eigenvalue weighted by Gasteiger charge is 2.49. The van der Waals surface area contributed by atoms with Gasteiger partial charge in [0.1, 0.15) is 5.82 Å². The van der Waals surface area contributed by atoms with Crippen LogP contribution in [0.3, 0.4) is 0 Å². The van der Waals surface area contributed by atoms with Gasteiger partial charge in [0.2, 0.25) is 17.0 Å². The molecule has 0 radical (unpaired) electrons. The first-order chi connectivity index (χ1) is 11.5. The van der Waals surface area contributed by atoms with Gasteiger partial charge in [-0.3, -0.25) is 14.7 Å². The van der Waals surface area contributed by atoms with Crippen LogP contribution in [0.1, 0.15) is 38.4 Å². The number of H-pyrrole nitrogens is 1. The van der Waals surface area contributed by atoms with Crippen molar-refractivity contribution in [3.05, 3.63) is 5.82 Å². The number of nitrogens with zero attached hydrogens (tertiary/aromatic N) is 4. The Labute approximate surface area is 146 Å². The van der Waals surface area contributed by atoms with Crippen molar-refractivity contribution in [1.82, 2.24) is 25.0 Å². The molecule has 0 aromatic carbocycles. The minimum absolute atomic E-state index is 0.0692. The van der Waals surface area contributed by atoms with Crippen LogP contribution < -0.4 is 0 Å². The molecule has 0 bridgehead atoms. The molecule has 3 heterocycles. The second kappa shape index (κ2) is 7.13. The molecule has 132 valence electrons. The summed E-state index contributed by atoms with van der Waals surface area (Å²) in [6.07, 6.45) is 3.72. The Bertz CT molecular complexity index is 617. The largest absolute Gasteiger partial charge is 0.342 e. The van der Waals surface area contributed by atoms with E-state index in [2.05, 4.69) is 22.1 Å². The zero-order valence-corrected chi connectivity index (χ0v) is 15.2. The Kier molecular flexibility index (Phi) is 5.12. The summed E-state index contributed by atoms with van der Waals surface area (Å²) < 4.78 is 0. The number of aromatic nitrogens is 3. The molecular weight excluding hydrogens is 326 g/mol. The molecule has 2 saturated heterocycles. The van der Waals surface area contributed by atoms with E-state index in [0.29, 0.717) is 24.0 Å². The lowest BCUT2D eigenvalue weighted by atomic mass is 9.78. The van der Waals surface area contributed by atoms with E-state index in [-0.39, 0.29) is 17.2 Å². The van der Waals surface area contributed by atoms with E-state index < -0.39 is 0 Å². The van der Waals surface area contributed by atoms with Gasteiger partial charge >= 0.3 is 0 Å². The number of rotatable bonds is 5. The van der Waals surface area contributed by atoms with Crippen molar-refractivity contribution in [2.45, 2.75) is 44.7 Å². The quantitative estimate of drug-likeness (QED) is 0.812.